The average Bonchev–Trinajstić information content (AvgIpc) is 3.15. The van der Waals surface area contributed by atoms with Gasteiger partial charge in [0.15, 0.2) is 5.76 Å². The summed E-state index contributed by atoms with van der Waals surface area (Å²) in [7, 11) is 1.61. The monoisotopic (exact) mass is 333 g/mol. The SMILES string of the molecule is COc1ccc(-c2cc(CNC(=O)c3cccc(C#N)c3)no2)cc1. The lowest BCUT2D eigenvalue weighted by Gasteiger charge is -2.03. The molecule has 25 heavy (non-hydrogen) atoms. The molecule has 2 aromatic carbocycles. The van der Waals surface area contributed by atoms with Crippen LogP contribution in [0.3, 0.4) is 0 Å². The van der Waals surface area contributed by atoms with Crippen molar-refractivity contribution in [3.05, 3.63) is 71.4 Å². The predicted molar refractivity (Wildman–Crippen MR) is 90.8 cm³/mol. The largest absolute Gasteiger partial charge is 0.497 e. The summed E-state index contributed by atoms with van der Waals surface area (Å²) in [6.07, 6.45) is 0. The van der Waals surface area contributed by atoms with Crippen LogP contribution in [0.15, 0.2) is 59.1 Å². The molecule has 1 amide bonds. The molecule has 124 valence electrons. The van der Waals surface area contributed by atoms with Crippen LogP contribution in [0.5, 0.6) is 5.75 Å². The van der Waals surface area contributed by atoms with Gasteiger partial charge in [-0.3, -0.25) is 4.79 Å². The highest BCUT2D eigenvalue weighted by molar-refractivity contribution is 5.94. The van der Waals surface area contributed by atoms with Crippen molar-refractivity contribution in [1.29, 1.82) is 5.26 Å². The second-order valence-corrected chi connectivity index (χ2v) is 5.29. The average molecular weight is 333 g/mol. The quantitative estimate of drug-likeness (QED) is 0.775. The lowest BCUT2D eigenvalue weighted by Crippen LogP contribution is -2.22. The zero-order valence-electron chi connectivity index (χ0n) is 13.5. The number of amides is 1. The van der Waals surface area contributed by atoms with Gasteiger partial charge in [-0.25, -0.2) is 0 Å². The Kier molecular flexibility index (Phi) is 4.77. The molecule has 0 radical (unpaired) electrons. The van der Waals surface area contributed by atoms with Crippen LogP contribution in [-0.4, -0.2) is 18.2 Å². The number of carbonyl (C=O) groups excluding carboxylic acids is 1. The van der Waals surface area contributed by atoms with Gasteiger partial charge < -0.3 is 14.6 Å². The van der Waals surface area contributed by atoms with Crippen molar-refractivity contribution in [3.8, 4) is 23.1 Å². The number of nitrogens with one attached hydrogen (secondary N) is 1. The molecule has 0 fully saturated rings. The number of methoxy groups -OCH3 is 1. The van der Waals surface area contributed by atoms with E-state index in [-0.39, 0.29) is 12.5 Å². The Morgan fingerprint density at radius 2 is 2.04 bits per heavy atom. The molecule has 0 unspecified atom stereocenters. The maximum Gasteiger partial charge on any atom is 0.251 e. The summed E-state index contributed by atoms with van der Waals surface area (Å²) >= 11 is 0. The summed E-state index contributed by atoms with van der Waals surface area (Å²) in [4.78, 5) is 12.1. The highest BCUT2D eigenvalue weighted by Crippen LogP contribution is 2.23. The van der Waals surface area contributed by atoms with Crippen LogP contribution in [-0.2, 0) is 6.54 Å². The summed E-state index contributed by atoms with van der Waals surface area (Å²) in [6.45, 7) is 0.231. The summed E-state index contributed by atoms with van der Waals surface area (Å²) in [5, 5.41) is 15.6. The van der Waals surface area contributed by atoms with Crippen molar-refractivity contribution < 1.29 is 14.1 Å². The standard InChI is InChI=1S/C19H15N3O3/c1-24-17-7-5-14(6-8-17)18-10-16(22-25-18)12-21-19(23)15-4-2-3-13(9-15)11-20/h2-10H,12H2,1H3,(H,21,23). The van der Waals surface area contributed by atoms with E-state index in [4.69, 9.17) is 14.5 Å². The number of hydrogen-bond acceptors (Lipinski definition) is 5. The Morgan fingerprint density at radius 1 is 1.24 bits per heavy atom. The van der Waals surface area contributed by atoms with Crippen molar-refractivity contribution in [1.82, 2.24) is 10.5 Å². The normalized spacial score (nSPS) is 10.1. The van der Waals surface area contributed by atoms with Gasteiger partial charge >= 0.3 is 0 Å². The van der Waals surface area contributed by atoms with E-state index in [9.17, 15) is 4.79 Å². The van der Waals surface area contributed by atoms with E-state index in [1.54, 1.807) is 37.4 Å². The number of rotatable bonds is 5. The third-order valence-corrected chi connectivity index (χ3v) is 3.62. The Bertz CT molecular complexity index is 924. The molecule has 0 aliphatic carbocycles. The maximum atomic E-state index is 12.1. The number of hydrogen-bond donors (Lipinski definition) is 1. The van der Waals surface area contributed by atoms with Gasteiger partial charge in [0.25, 0.3) is 5.91 Å². The lowest BCUT2D eigenvalue weighted by atomic mass is 10.1. The van der Waals surface area contributed by atoms with Crippen LogP contribution in [0.2, 0.25) is 0 Å². The van der Waals surface area contributed by atoms with E-state index >= 15 is 0 Å². The zero-order chi connectivity index (χ0) is 17.6. The van der Waals surface area contributed by atoms with E-state index in [0.29, 0.717) is 22.6 Å². The Morgan fingerprint density at radius 3 is 2.76 bits per heavy atom. The van der Waals surface area contributed by atoms with Gasteiger partial charge in [-0.05, 0) is 42.5 Å². The molecule has 1 aromatic heterocycles. The molecule has 6 heteroatoms. The summed E-state index contributed by atoms with van der Waals surface area (Å²) in [6, 6.07) is 17.7. The molecule has 6 nitrogen and oxygen atoms in total. The topological polar surface area (TPSA) is 88.1 Å². The van der Waals surface area contributed by atoms with Crippen LogP contribution in [0.4, 0.5) is 0 Å². The molecule has 1 heterocycles. The minimum Gasteiger partial charge on any atom is -0.497 e. The van der Waals surface area contributed by atoms with Crippen LogP contribution in [0.1, 0.15) is 21.6 Å². The summed E-state index contributed by atoms with van der Waals surface area (Å²) in [5.74, 6) is 1.10. The smallest absolute Gasteiger partial charge is 0.251 e. The van der Waals surface area contributed by atoms with Gasteiger partial charge in [-0.1, -0.05) is 11.2 Å². The molecule has 3 rings (SSSR count). The van der Waals surface area contributed by atoms with Gasteiger partial charge in [-0.15, -0.1) is 0 Å². The molecule has 0 bridgehead atoms. The number of nitrogens with zero attached hydrogens (tertiary/aromatic N) is 2. The molecule has 0 spiro atoms. The van der Waals surface area contributed by atoms with Gasteiger partial charge in [0.05, 0.1) is 25.3 Å². The Labute approximate surface area is 144 Å². The minimum absolute atomic E-state index is 0.231. The van der Waals surface area contributed by atoms with E-state index < -0.39 is 0 Å². The van der Waals surface area contributed by atoms with Crippen LogP contribution >= 0.6 is 0 Å². The van der Waals surface area contributed by atoms with Crippen molar-refractivity contribution >= 4 is 5.91 Å². The molecule has 1 N–H and O–H groups in total. The first-order chi connectivity index (χ1) is 12.2. The van der Waals surface area contributed by atoms with Crippen molar-refractivity contribution in [2.24, 2.45) is 0 Å². The fraction of sp³-hybridized carbons (Fsp3) is 0.105. The van der Waals surface area contributed by atoms with E-state index in [1.165, 1.54) is 0 Å². The first kappa shape index (κ1) is 16.3. The molecule has 0 saturated heterocycles. The molecule has 0 saturated carbocycles. The second kappa shape index (κ2) is 7.32. The number of carbonyl (C=O) groups is 1. The van der Waals surface area contributed by atoms with Gasteiger partial charge in [0.1, 0.15) is 11.4 Å². The van der Waals surface area contributed by atoms with Gasteiger partial charge in [-0.2, -0.15) is 5.26 Å². The number of ether oxygens (including phenoxy) is 1. The number of aromatic nitrogens is 1. The third-order valence-electron chi connectivity index (χ3n) is 3.62. The second-order valence-electron chi connectivity index (χ2n) is 5.29. The molecule has 0 aliphatic heterocycles. The fourth-order valence-corrected chi connectivity index (χ4v) is 2.29. The molecular formula is C19H15N3O3. The van der Waals surface area contributed by atoms with Gasteiger partial charge in [0.2, 0.25) is 0 Å². The zero-order valence-corrected chi connectivity index (χ0v) is 13.5. The summed E-state index contributed by atoms with van der Waals surface area (Å²) < 4.78 is 10.4. The van der Waals surface area contributed by atoms with Gasteiger partial charge in [0, 0.05) is 17.2 Å². The molecular weight excluding hydrogens is 318 g/mol. The highest BCUT2D eigenvalue weighted by Gasteiger charge is 2.10. The van der Waals surface area contributed by atoms with Crippen LogP contribution in [0.25, 0.3) is 11.3 Å². The summed E-state index contributed by atoms with van der Waals surface area (Å²) in [5.41, 5.74) is 2.34. The molecule has 3 aromatic rings. The van der Waals surface area contributed by atoms with Crippen LogP contribution < -0.4 is 10.1 Å². The van der Waals surface area contributed by atoms with Crippen molar-refractivity contribution in [3.63, 3.8) is 0 Å². The molecule has 0 aliphatic rings. The highest BCUT2D eigenvalue weighted by atomic mass is 16.5. The predicted octanol–water partition coefficient (Wildman–Crippen LogP) is 3.15. The number of benzene rings is 2. The third kappa shape index (κ3) is 3.85. The first-order valence-corrected chi connectivity index (χ1v) is 7.58. The lowest BCUT2D eigenvalue weighted by molar-refractivity contribution is 0.0950. The van der Waals surface area contributed by atoms with E-state index in [0.717, 1.165) is 11.3 Å². The Balaban J connectivity index is 1.65. The number of nitriles is 1. The van der Waals surface area contributed by atoms with Crippen LogP contribution in [0, 0.1) is 11.3 Å². The molecule has 0 atom stereocenters. The maximum absolute atomic E-state index is 12.1. The Hall–Kier alpha value is -3.59. The minimum atomic E-state index is -0.272. The van der Waals surface area contributed by atoms with Crippen molar-refractivity contribution in [2.75, 3.05) is 7.11 Å². The van der Waals surface area contributed by atoms with E-state index in [1.807, 2.05) is 30.3 Å². The van der Waals surface area contributed by atoms with E-state index in [2.05, 4.69) is 10.5 Å². The first-order valence-electron chi connectivity index (χ1n) is 7.58. The fourth-order valence-electron chi connectivity index (χ4n) is 2.29. The van der Waals surface area contributed by atoms with Crippen molar-refractivity contribution in [2.45, 2.75) is 6.54 Å².